The Kier molecular flexibility index (Phi) is 4.87. The van der Waals surface area contributed by atoms with Crippen molar-refractivity contribution in [1.82, 2.24) is 10.8 Å². The minimum atomic E-state index is -0.991. The molecule has 6 heteroatoms. The topological polar surface area (TPSA) is 104 Å². The molecule has 5 N–H and O–H groups in total. The molecule has 0 aliphatic carbocycles. The lowest BCUT2D eigenvalue weighted by atomic mass is 10.1. The molecule has 6 nitrogen and oxygen atoms in total. The number of hydroxylamine groups is 1. The highest BCUT2D eigenvalue weighted by atomic mass is 16.5. The Labute approximate surface area is 104 Å². The fourth-order valence-electron chi connectivity index (χ4n) is 1.27. The summed E-state index contributed by atoms with van der Waals surface area (Å²) in [5.74, 6) is 1.18. The highest BCUT2D eigenvalue weighted by Crippen LogP contribution is 2.03. The summed E-state index contributed by atoms with van der Waals surface area (Å²) in [5, 5.41) is 10.8. The van der Waals surface area contributed by atoms with E-state index >= 15 is 0 Å². The van der Waals surface area contributed by atoms with Crippen molar-refractivity contribution in [3.63, 3.8) is 0 Å². The van der Waals surface area contributed by atoms with E-state index in [9.17, 15) is 9.59 Å². The summed E-state index contributed by atoms with van der Waals surface area (Å²) in [6.45, 7) is -0.124. The first kappa shape index (κ1) is 13.7. The Morgan fingerprint density at radius 1 is 1.39 bits per heavy atom. The highest BCUT2D eigenvalue weighted by Gasteiger charge is 2.19. The van der Waals surface area contributed by atoms with Crippen LogP contribution >= 0.6 is 0 Å². The third-order valence-electron chi connectivity index (χ3n) is 2.28. The highest BCUT2D eigenvalue weighted by molar-refractivity contribution is 5.97. The average Bonchev–Trinajstić information content (AvgIpc) is 2.43. The van der Waals surface area contributed by atoms with Crippen molar-refractivity contribution < 1.29 is 14.8 Å². The molecule has 18 heavy (non-hydrogen) atoms. The summed E-state index contributed by atoms with van der Waals surface area (Å²) in [5.41, 5.74) is 7.73. The van der Waals surface area contributed by atoms with Crippen molar-refractivity contribution in [2.24, 2.45) is 5.73 Å². The van der Waals surface area contributed by atoms with E-state index in [4.69, 9.17) is 17.4 Å². The largest absolute Gasteiger partial charge is 0.339 e. The normalized spacial score (nSPS) is 11.2. The molecule has 1 aromatic rings. The number of rotatable bonds is 4. The van der Waals surface area contributed by atoms with Crippen LogP contribution < -0.4 is 16.5 Å². The number of hydrogen-bond acceptors (Lipinski definition) is 4. The number of benzene rings is 1. The molecular weight excluding hydrogens is 234 g/mol. The van der Waals surface area contributed by atoms with E-state index in [1.807, 2.05) is 0 Å². The van der Waals surface area contributed by atoms with Gasteiger partial charge < -0.3 is 11.1 Å². The molecule has 94 valence electrons. The Morgan fingerprint density at radius 3 is 2.44 bits per heavy atom. The zero-order valence-electron chi connectivity index (χ0n) is 9.51. The number of carbonyl (C=O) groups excluding carboxylic acids is 2. The molecule has 0 unspecified atom stereocenters. The fraction of sp³-hybridized carbons (Fsp3) is 0.167. The monoisotopic (exact) mass is 247 g/mol. The number of nitrogens with one attached hydrogen (secondary N) is 2. The van der Waals surface area contributed by atoms with E-state index in [2.05, 4.69) is 11.2 Å². The molecule has 0 saturated carbocycles. The maximum atomic E-state index is 11.8. The Morgan fingerprint density at radius 2 is 2.00 bits per heavy atom. The van der Waals surface area contributed by atoms with Crippen LogP contribution in [0, 0.1) is 12.3 Å². The second kappa shape index (κ2) is 6.39. The van der Waals surface area contributed by atoms with Crippen molar-refractivity contribution >= 4 is 11.8 Å². The summed E-state index contributed by atoms with van der Waals surface area (Å²) in [7, 11) is 0. The first-order chi connectivity index (χ1) is 8.62. The van der Waals surface area contributed by atoms with Crippen LogP contribution in [-0.4, -0.2) is 29.6 Å². The van der Waals surface area contributed by atoms with Gasteiger partial charge in [0.2, 0.25) is 0 Å². The molecule has 0 fully saturated rings. The second-order valence-electron chi connectivity index (χ2n) is 3.46. The van der Waals surface area contributed by atoms with Crippen LogP contribution in [0.25, 0.3) is 0 Å². The zero-order chi connectivity index (χ0) is 13.5. The molecule has 1 aromatic carbocycles. The molecule has 0 aliphatic rings. The molecule has 0 spiro atoms. The van der Waals surface area contributed by atoms with Crippen molar-refractivity contribution in [2.75, 3.05) is 6.54 Å². The van der Waals surface area contributed by atoms with Gasteiger partial charge in [-0.3, -0.25) is 14.8 Å². The maximum absolute atomic E-state index is 11.8. The summed E-state index contributed by atoms with van der Waals surface area (Å²) in [6, 6.07) is 5.30. The van der Waals surface area contributed by atoms with Gasteiger partial charge in [0.05, 0.1) is 0 Å². The molecule has 0 saturated heterocycles. The molecule has 2 amide bonds. The van der Waals surface area contributed by atoms with Gasteiger partial charge in [-0.15, -0.1) is 6.42 Å². The summed E-state index contributed by atoms with van der Waals surface area (Å²) in [4.78, 5) is 22.9. The zero-order valence-corrected chi connectivity index (χ0v) is 9.51. The molecule has 0 radical (unpaired) electrons. The van der Waals surface area contributed by atoms with Crippen molar-refractivity contribution in [2.45, 2.75) is 6.04 Å². The van der Waals surface area contributed by atoms with E-state index in [1.54, 1.807) is 12.1 Å². The van der Waals surface area contributed by atoms with E-state index in [0.717, 1.165) is 0 Å². The molecule has 1 rings (SSSR count). The molecule has 0 aliphatic heterocycles. The molecule has 1 atom stereocenters. The van der Waals surface area contributed by atoms with Crippen LogP contribution in [0.2, 0.25) is 0 Å². The van der Waals surface area contributed by atoms with Crippen LogP contribution in [0.4, 0.5) is 0 Å². The predicted molar refractivity (Wildman–Crippen MR) is 64.6 cm³/mol. The van der Waals surface area contributed by atoms with E-state index in [0.29, 0.717) is 11.1 Å². The van der Waals surface area contributed by atoms with Gasteiger partial charge in [0.15, 0.2) is 0 Å². The van der Waals surface area contributed by atoms with Crippen LogP contribution in [-0.2, 0) is 4.79 Å². The SMILES string of the molecule is C#Cc1ccc(C(=O)N[C@@H](CN)C(=O)NO)cc1. The minimum absolute atomic E-state index is 0.124. The van der Waals surface area contributed by atoms with Gasteiger partial charge in [0, 0.05) is 17.7 Å². The van der Waals surface area contributed by atoms with E-state index in [1.165, 1.54) is 17.6 Å². The van der Waals surface area contributed by atoms with Crippen molar-refractivity contribution in [1.29, 1.82) is 0 Å². The Hall–Kier alpha value is -2.36. The van der Waals surface area contributed by atoms with Gasteiger partial charge in [-0.1, -0.05) is 5.92 Å². The molecule has 0 aromatic heterocycles. The van der Waals surface area contributed by atoms with Gasteiger partial charge in [-0.05, 0) is 24.3 Å². The predicted octanol–water partition coefficient (Wildman–Crippen LogP) is -0.770. The summed E-state index contributed by atoms with van der Waals surface area (Å²) in [6.07, 6.45) is 5.19. The van der Waals surface area contributed by atoms with Crippen LogP contribution in [0.5, 0.6) is 0 Å². The lowest BCUT2D eigenvalue weighted by Crippen LogP contribution is -2.50. The van der Waals surface area contributed by atoms with Gasteiger partial charge in [-0.2, -0.15) is 0 Å². The number of terminal acetylenes is 1. The lowest BCUT2D eigenvalue weighted by Gasteiger charge is -2.14. The number of amides is 2. The van der Waals surface area contributed by atoms with Crippen molar-refractivity contribution in [3.8, 4) is 12.3 Å². The van der Waals surface area contributed by atoms with Crippen molar-refractivity contribution in [3.05, 3.63) is 35.4 Å². The first-order valence-electron chi connectivity index (χ1n) is 5.14. The number of carbonyl (C=O) groups is 2. The standard InChI is InChI=1S/C12H13N3O3/c1-2-8-3-5-9(6-4-8)11(16)14-10(7-13)12(17)15-18/h1,3-6,10,18H,7,13H2,(H,14,16)(H,15,17)/t10-/m0/s1. The van der Waals surface area contributed by atoms with Gasteiger partial charge in [0.25, 0.3) is 11.8 Å². The molecule has 0 heterocycles. The third-order valence-corrected chi connectivity index (χ3v) is 2.28. The second-order valence-corrected chi connectivity index (χ2v) is 3.46. The van der Waals surface area contributed by atoms with Gasteiger partial charge >= 0.3 is 0 Å². The number of hydrogen-bond donors (Lipinski definition) is 4. The minimum Gasteiger partial charge on any atom is -0.339 e. The summed E-state index contributed by atoms with van der Waals surface area (Å²) < 4.78 is 0. The van der Waals surface area contributed by atoms with Crippen LogP contribution in [0.1, 0.15) is 15.9 Å². The average molecular weight is 247 g/mol. The van der Waals surface area contributed by atoms with E-state index < -0.39 is 17.9 Å². The van der Waals surface area contributed by atoms with Crippen LogP contribution in [0.15, 0.2) is 24.3 Å². The lowest BCUT2D eigenvalue weighted by molar-refractivity contribution is -0.130. The smallest absolute Gasteiger partial charge is 0.267 e. The fourth-order valence-corrected chi connectivity index (χ4v) is 1.27. The molecule has 0 bridgehead atoms. The third kappa shape index (κ3) is 3.31. The Bertz CT molecular complexity index is 476. The number of nitrogens with two attached hydrogens (primary N) is 1. The van der Waals surface area contributed by atoms with Gasteiger partial charge in [-0.25, -0.2) is 5.48 Å². The first-order valence-corrected chi connectivity index (χ1v) is 5.14. The summed E-state index contributed by atoms with van der Waals surface area (Å²) >= 11 is 0. The Balaban J connectivity index is 2.75. The quantitative estimate of drug-likeness (QED) is 0.318. The molecular formula is C12H13N3O3. The van der Waals surface area contributed by atoms with Crippen LogP contribution in [0.3, 0.4) is 0 Å². The maximum Gasteiger partial charge on any atom is 0.267 e. The van der Waals surface area contributed by atoms with E-state index in [-0.39, 0.29) is 6.54 Å². The van der Waals surface area contributed by atoms with Gasteiger partial charge in [0.1, 0.15) is 6.04 Å².